The van der Waals surface area contributed by atoms with E-state index in [1.165, 1.54) is 0 Å². The SMILES string of the molecule is COc1ccc(NC(=O)c2ccc(NC(=O)C[NH+]3CCNC(=O)C3)cc2)cc1. The Bertz CT molecular complexity index is 850. The average molecular weight is 383 g/mol. The first-order valence-electron chi connectivity index (χ1n) is 8.99. The number of ether oxygens (including phenoxy) is 1. The van der Waals surface area contributed by atoms with Gasteiger partial charge in [-0.3, -0.25) is 14.4 Å². The molecule has 28 heavy (non-hydrogen) atoms. The van der Waals surface area contributed by atoms with E-state index >= 15 is 0 Å². The maximum Gasteiger partial charge on any atom is 0.279 e. The molecule has 0 bridgehead atoms. The van der Waals surface area contributed by atoms with E-state index in [1.54, 1.807) is 55.6 Å². The van der Waals surface area contributed by atoms with E-state index in [1.807, 2.05) is 0 Å². The summed E-state index contributed by atoms with van der Waals surface area (Å²) in [5.41, 5.74) is 1.75. The van der Waals surface area contributed by atoms with Crippen LogP contribution in [0.15, 0.2) is 48.5 Å². The van der Waals surface area contributed by atoms with E-state index in [-0.39, 0.29) is 24.3 Å². The van der Waals surface area contributed by atoms with Gasteiger partial charge in [-0.25, -0.2) is 0 Å². The highest BCUT2D eigenvalue weighted by Crippen LogP contribution is 2.16. The van der Waals surface area contributed by atoms with Gasteiger partial charge in [0.1, 0.15) is 5.75 Å². The first-order chi connectivity index (χ1) is 13.5. The summed E-state index contributed by atoms with van der Waals surface area (Å²) in [5, 5.41) is 8.34. The largest absolute Gasteiger partial charge is 0.497 e. The lowest BCUT2D eigenvalue weighted by Gasteiger charge is -2.22. The summed E-state index contributed by atoms with van der Waals surface area (Å²) in [6, 6.07) is 13.7. The monoisotopic (exact) mass is 383 g/mol. The second-order valence-corrected chi connectivity index (χ2v) is 6.51. The third kappa shape index (κ3) is 5.31. The molecule has 0 aliphatic carbocycles. The molecule has 8 heteroatoms. The van der Waals surface area contributed by atoms with Crippen LogP contribution >= 0.6 is 0 Å². The van der Waals surface area contributed by atoms with Crippen LogP contribution < -0.4 is 25.6 Å². The van der Waals surface area contributed by atoms with Crippen molar-refractivity contribution in [3.63, 3.8) is 0 Å². The predicted molar refractivity (Wildman–Crippen MR) is 105 cm³/mol. The van der Waals surface area contributed by atoms with Crippen molar-refractivity contribution in [2.75, 3.05) is 43.9 Å². The van der Waals surface area contributed by atoms with Crippen molar-refractivity contribution in [1.82, 2.24) is 5.32 Å². The van der Waals surface area contributed by atoms with E-state index in [0.29, 0.717) is 35.8 Å². The fourth-order valence-electron chi connectivity index (χ4n) is 2.92. The number of benzene rings is 2. The predicted octanol–water partition coefficient (Wildman–Crippen LogP) is -0.0993. The summed E-state index contributed by atoms with van der Waals surface area (Å²) >= 11 is 0. The topological polar surface area (TPSA) is 101 Å². The van der Waals surface area contributed by atoms with Crippen LogP contribution in [-0.4, -0.2) is 51.0 Å². The van der Waals surface area contributed by atoms with E-state index < -0.39 is 0 Å². The van der Waals surface area contributed by atoms with Crippen LogP contribution in [0.25, 0.3) is 0 Å². The van der Waals surface area contributed by atoms with Gasteiger partial charge in [0.2, 0.25) is 0 Å². The van der Waals surface area contributed by atoms with Crippen molar-refractivity contribution >= 4 is 29.1 Å². The molecule has 1 heterocycles. The molecular weight excluding hydrogens is 360 g/mol. The normalized spacial score (nSPS) is 16.0. The lowest BCUT2D eigenvalue weighted by Crippen LogP contribution is -3.16. The number of carbonyl (C=O) groups is 3. The van der Waals surface area contributed by atoms with Crippen LogP contribution in [0.3, 0.4) is 0 Å². The van der Waals surface area contributed by atoms with Gasteiger partial charge in [0.25, 0.3) is 17.7 Å². The van der Waals surface area contributed by atoms with Crippen molar-refractivity contribution in [2.45, 2.75) is 0 Å². The van der Waals surface area contributed by atoms with Crippen LogP contribution in [0.4, 0.5) is 11.4 Å². The third-order valence-electron chi connectivity index (χ3n) is 4.40. The maximum atomic E-state index is 12.3. The lowest BCUT2D eigenvalue weighted by atomic mass is 10.2. The number of nitrogens with one attached hydrogen (secondary N) is 4. The summed E-state index contributed by atoms with van der Waals surface area (Å²) in [5.74, 6) is 0.262. The molecule has 1 atom stereocenters. The van der Waals surface area contributed by atoms with Gasteiger partial charge in [-0.05, 0) is 48.5 Å². The maximum absolute atomic E-state index is 12.3. The molecule has 2 aromatic rings. The Balaban J connectivity index is 1.52. The Kier molecular flexibility index (Phi) is 6.23. The number of hydrogen-bond acceptors (Lipinski definition) is 4. The minimum Gasteiger partial charge on any atom is -0.497 e. The number of methoxy groups -OCH3 is 1. The fourth-order valence-corrected chi connectivity index (χ4v) is 2.92. The number of piperazine rings is 1. The Morgan fingerprint density at radius 3 is 2.32 bits per heavy atom. The minimum atomic E-state index is -0.244. The molecule has 8 nitrogen and oxygen atoms in total. The van der Waals surface area contributed by atoms with Gasteiger partial charge < -0.3 is 25.6 Å². The van der Waals surface area contributed by atoms with Crippen LogP contribution in [0, 0.1) is 0 Å². The Hall–Kier alpha value is -3.39. The van der Waals surface area contributed by atoms with E-state index in [0.717, 1.165) is 11.4 Å². The molecule has 0 spiro atoms. The van der Waals surface area contributed by atoms with Crippen LogP contribution in [0.5, 0.6) is 5.75 Å². The zero-order valence-corrected chi connectivity index (χ0v) is 15.6. The van der Waals surface area contributed by atoms with Crippen molar-refractivity contribution in [2.24, 2.45) is 0 Å². The first kappa shape index (κ1) is 19.4. The number of rotatable bonds is 6. The Morgan fingerprint density at radius 1 is 1.04 bits per heavy atom. The van der Waals surface area contributed by atoms with Gasteiger partial charge in [-0.1, -0.05) is 0 Å². The molecular formula is C20H23N4O4+. The van der Waals surface area contributed by atoms with Gasteiger partial charge >= 0.3 is 0 Å². The molecule has 4 N–H and O–H groups in total. The second-order valence-electron chi connectivity index (χ2n) is 6.51. The minimum absolute atomic E-state index is 0.0405. The molecule has 1 unspecified atom stereocenters. The van der Waals surface area contributed by atoms with Gasteiger partial charge in [0.15, 0.2) is 13.1 Å². The molecule has 0 radical (unpaired) electrons. The molecule has 3 amide bonds. The van der Waals surface area contributed by atoms with Crippen LogP contribution in [-0.2, 0) is 9.59 Å². The molecule has 1 fully saturated rings. The summed E-state index contributed by atoms with van der Waals surface area (Å²) in [7, 11) is 1.58. The molecule has 0 aromatic heterocycles. The van der Waals surface area contributed by atoms with E-state index in [9.17, 15) is 14.4 Å². The highest BCUT2D eigenvalue weighted by molar-refractivity contribution is 6.04. The molecule has 2 aromatic carbocycles. The molecule has 0 saturated carbocycles. The Morgan fingerprint density at radius 2 is 1.68 bits per heavy atom. The molecule has 1 saturated heterocycles. The zero-order chi connectivity index (χ0) is 19.9. The smallest absolute Gasteiger partial charge is 0.279 e. The Labute approximate surface area is 162 Å². The summed E-state index contributed by atoms with van der Waals surface area (Å²) in [6.07, 6.45) is 0. The average Bonchev–Trinajstić information content (AvgIpc) is 2.69. The van der Waals surface area contributed by atoms with E-state index in [2.05, 4.69) is 16.0 Å². The highest BCUT2D eigenvalue weighted by atomic mass is 16.5. The van der Waals surface area contributed by atoms with Crippen molar-refractivity contribution < 1.29 is 24.0 Å². The number of anilines is 2. The van der Waals surface area contributed by atoms with Crippen LogP contribution in [0.2, 0.25) is 0 Å². The van der Waals surface area contributed by atoms with Crippen molar-refractivity contribution in [1.29, 1.82) is 0 Å². The van der Waals surface area contributed by atoms with E-state index in [4.69, 9.17) is 4.74 Å². The molecule has 1 aliphatic rings. The van der Waals surface area contributed by atoms with Gasteiger partial charge in [0.05, 0.1) is 20.2 Å². The lowest BCUT2D eigenvalue weighted by molar-refractivity contribution is -0.885. The standard InChI is InChI=1S/C20H22N4O4/c1-28-17-8-6-16(7-9-17)23-20(27)14-2-4-15(5-3-14)22-19(26)13-24-11-10-21-18(25)12-24/h2-9H,10-13H2,1H3,(H,21,25)(H,22,26)(H,23,27)/p+1. The zero-order valence-electron chi connectivity index (χ0n) is 15.6. The second kappa shape index (κ2) is 9.01. The number of amides is 3. The molecule has 1 aliphatic heterocycles. The van der Waals surface area contributed by atoms with Crippen LogP contribution in [0.1, 0.15) is 10.4 Å². The van der Waals surface area contributed by atoms with Gasteiger partial charge in [-0.15, -0.1) is 0 Å². The fraction of sp³-hybridized carbons (Fsp3) is 0.250. The number of quaternary nitrogens is 1. The van der Waals surface area contributed by atoms with Crippen molar-refractivity contribution in [3.05, 3.63) is 54.1 Å². The van der Waals surface area contributed by atoms with Gasteiger partial charge in [0, 0.05) is 16.9 Å². The van der Waals surface area contributed by atoms with Crippen molar-refractivity contribution in [3.8, 4) is 5.75 Å². The summed E-state index contributed by atoms with van der Waals surface area (Å²) < 4.78 is 5.09. The molecule has 3 rings (SSSR count). The number of hydrogen-bond donors (Lipinski definition) is 4. The van der Waals surface area contributed by atoms with Gasteiger partial charge in [-0.2, -0.15) is 0 Å². The first-order valence-corrected chi connectivity index (χ1v) is 8.99. The molecule has 146 valence electrons. The summed E-state index contributed by atoms with van der Waals surface area (Å²) in [6.45, 7) is 1.84. The number of carbonyl (C=O) groups excluding carboxylic acids is 3. The third-order valence-corrected chi connectivity index (χ3v) is 4.40. The quantitative estimate of drug-likeness (QED) is 0.560. The highest BCUT2D eigenvalue weighted by Gasteiger charge is 2.22. The summed E-state index contributed by atoms with van der Waals surface area (Å²) in [4.78, 5) is 36.8.